The Bertz CT molecular complexity index is 1810. The fourth-order valence-corrected chi connectivity index (χ4v) is 4.79. The van der Waals surface area contributed by atoms with Gasteiger partial charge in [-0.25, -0.2) is 0 Å². The third kappa shape index (κ3) is 21.1. The van der Waals surface area contributed by atoms with Crippen molar-refractivity contribution < 1.29 is 23.4 Å². The zero-order valence-electron chi connectivity index (χ0n) is 26.6. The first-order valence-corrected chi connectivity index (χ1v) is 17.2. The molecule has 11 heteroatoms. The molecule has 1 heterocycles. The van der Waals surface area contributed by atoms with E-state index in [2.05, 4.69) is 141 Å². The molecule has 1 rings (SSSR count). The van der Waals surface area contributed by atoms with Gasteiger partial charge in [0.2, 0.25) is 0 Å². The number of rotatable bonds is 12. The molecule has 0 aromatic carbocycles. The van der Waals surface area contributed by atoms with Crippen LogP contribution in [0.1, 0.15) is 32.6 Å². The van der Waals surface area contributed by atoms with Gasteiger partial charge in [-0.3, -0.25) is 5.32 Å². The lowest BCUT2D eigenvalue weighted by atomic mass is 9.82. The first-order valence-electron chi connectivity index (χ1n) is 14.2. The van der Waals surface area contributed by atoms with E-state index in [9.17, 15) is 4.89 Å². The van der Waals surface area contributed by atoms with Crippen LogP contribution in [0.5, 0.6) is 0 Å². The Morgan fingerprint density at radius 2 is 1.38 bits per heavy atom. The average Bonchev–Trinajstić information content (AvgIpc) is 3.33. The highest BCUT2D eigenvalue weighted by atomic mass is 32.5. The van der Waals surface area contributed by atoms with Crippen LogP contribution in [0.2, 0.25) is 0 Å². The molecule has 0 saturated carbocycles. The zero-order valence-corrected chi connectivity index (χ0v) is 29.1. The largest absolute Gasteiger partial charge is 0.382 e. The molecule has 0 aromatic heterocycles. The van der Waals surface area contributed by atoms with Crippen LogP contribution >= 0.6 is 18.9 Å². The number of methoxy groups -OCH3 is 1. The molecule has 1 saturated heterocycles. The van der Waals surface area contributed by atoms with Crippen LogP contribution in [0.4, 0.5) is 0 Å². The molecular weight excluding hydrogens is 646 g/mol. The maximum Gasteiger partial charge on any atom is 0.324 e. The van der Waals surface area contributed by atoms with Gasteiger partial charge in [0, 0.05) is 97.9 Å². The third-order valence-corrected chi connectivity index (χ3v) is 7.60. The summed E-state index contributed by atoms with van der Waals surface area (Å²) in [6, 6.07) is 2.58. The maximum atomic E-state index is 10.2. The molecule has 0 radical (unpaired) electrons. The lowest BCUT2D eigenvalue weighted by Crippen LogP contribution is -2.32. The average molecular weight is 679 g/mol. The van der Waals surface area contributed by atoms with Crippen molar-refractivity contribution in [2.75, 3.05) is 27.4 Å². The van der Waals surface area contributed by atoms with Gasteiger partial charge in [0.15, 0.2) is 5.11 Å². The summed E-state index contributed by atoms with van der Waals surface area (Å²) in [6.07, 6.45) is 7.06. The Morgan fingerprint density at radius 1 is 0.851 bits per heavy atom. The Hall–Kier alpha value is -4.46. The topological polar surface area (TPSA) is 81.2 Å². The normalized spacial score (nSPS) is 17.5. The van der Waals surface area contributed by atoms with E-state index in [0.717, 1.165) is 25.7 Å². The van der Waals surface area contributed by atoms with Crippen LogP contribution in [-0.4, -0.2) is 63.4 Å². The van der Waals surface area contributed by atoms with Crippen LogP contribution in [0.25, 0.3) is 0 Å². The molecule has 0 bridgehead atoms. The van der Waals surface area contributed by atoms with Gasteiger partial charge < -0.3 is 28.7 Å². The van der Waals surface area contributed by atoms with Crippen molar-refractivity contribution in [1.82, 2.24) is 10.6 Å². The second-order valence-electron chi connectivity index (χ2n) is 8.93. The molecule has 1 fully saturated rings. The summed E-state index contributed by atoms with van der Waals surface area (Å²) in [4.78, 5) is 10.2. The van der Waals surface area contributed by atoms with E-state index in [1.54, 1.807) is 14.0 Å². The summed E-state index contributed by atoms with van der Waals surface area (Å²) in [5, 5.41) is 6.29. The number of hydrogen-bond acceptors (Lipinski definition) is 6. The van der Waals surface area contributed by atoms with Crippen LogP contribution in [-0.2, 0) is 30.3 Å². The predicted octanol–water partition coefficient (Wildman–Crippen LogP) is 1.45. The van der Waals surface area contributed by atoms with Crippen molar-refractivity contribution in [3.05, 3.63) is 12.2 Å². The van der Waals surface area contributed by atoms with Crippen molar-refractivity contribution in [3.63, 3.8) is 0 Å². The summed E-state index contributed by atoms with van der Waals surface area (Å²) in [7, 11) is 4.93. The number of hydrogen-bond donors (Lipinski definition) is 3. The van der Waals surface area contributed by atoms with Crippen LogP contribution < -0.4 is 10.6 Å². The summed E-state index contributed by atoms with van der Waals surface area (Å²) in [6.45, 7) is -0.580. The Kier molecular flexibility index (Phi) is 23.1. The Balaban J connectivity index is 2.29. The van der Waals surface area contributed by atoms with Crippen molar-refractivity contribution in [2.45, 2.75) is 50.8 Å². The lowest BCUT2D eigenvalue weighted by molar-refractivity contribution is -0.0146. The number of allylic oxidation sites excluding steroid dienone is 2. The van der Waals surface area contributed by atoms with Crippen molar-refractivity contribution in [1.29, 1.82) is 0 Å². The second-order valence-corrected chi connectivity index (χ2v) is 12.2. The number of ether oxygens (including phenoxy) is 2. The van der Waals surface area contributed by atoms with E-state index < -0.39 is 12.8 Å². The van der Waals surface area contributed by atoms with Gasteiger partial charge in [-0.05, 0) is 104 Å². The van der Waals surface area contributed by atoms with E-state index in [1.165, 1.54) is 7.11 Å². The molecule has 5 atom stereocenters. The monoisotopic (exact) mass is 678 g/mol. The molecule has 3 N–H and O–H groups in total. The third-order valence-electron chi connectivity index (χ3n) is 5.68. The molecular formula is C36H32BN2O5PS2. The number of thiocarbonyl (C=S) groups is 1. The summed E-state index contributed by atoms with van der Waals surface area (Å²) in [5.74, 6) is 48.4. The van der Waals surface area contributed by atoms with Crippen LogP contribution in [0.15, 0.2) is 12.2 Å². The lowest BCUT2D eigenvalue weighted by Gasteiger charge is -2.26. The maximum absolute atomic E-state index is 10.2. The molecule has 0 aromatic rings. The fraction of sp³-hybridized carbons (Fsp3) is 0.361. The zero-order chi connectivity index (χ0) is 34.4. The molecule has 236 valence electrons. The van der Waals surface area contributed by atoms with Crippen molar-refractivity contribution >= 4 is 43.7 Å². The molecule has 7 nitrogen and oxygen atoms in total. The minimum Gasteiger partial charge on any atom is -0.382 e. The first-order chi connectivity index (χ1) is 22.8. The van der Waals surface area contributed by atoms with E-state index in [-0.39, 0.29) is 18.0 Å². The molecule has 2 unspecified atom stereocenters. The minimum atomic E-state index is -3.33. The minimum absolute atomic E-state index is 0.0236. The number of unbranched alkanes of at least 4 members (excludes halogenated alkanes) is 2. The summed E-state index contributed by atoms with van der Waals surface area (Å²) in [5.41, 5.74) is 0. The SMILES string of the molecule is B[C@@H]1O[C@H](COC)C(OP(O)(=S)OC)[C@@H]1C/C=C/CCCCNC(=S)NC#CC#CC#CC#CC#CC#CC#CC#CC#CC#CC. The van der Waals surface area contributed by atoms with Crippen molar-refractivity contribution in [3.8, 4) is 119 Å². The van der Waals surface area contributed by atoms with Gasteiger partial charge in [-0.2, -0.15) is 0 Å². The van der Waals surface area contributed by atoms with Crippen molar-refractivity contribution in [2.24, 2.45) is 5.92 Å². The Labute approximate surface area is 291 Å². The van der Waals surface area contributed by atoms with Gasteiger partial charge >= 0.3 is 6.72 Å². The fourth-order valence-electron chi connectivity index (χ4n) is 3.65. The Morgan fingerprint density at radius 3 is 1.89 bits per heavy atom. The molecule has 1 aliphatic heterocycles. The van der Waals surface area contributed by atoms with Gasteiger partial charge in [0.1, 0.15) is 20.1 Å². The van der Waals surface area contributed by atoms with E-state index in [4.69, 9.17) is 42.5 Å². The summed E-state index contributed by atoms with van der Waals surface area (Å²) >= 11 is 10.3. The highest BCUT2D eigenvalue weighted by molar-refractivity contribution is 8.07. The van der Waals surface area contributed by atoms with Gasteiger partial charge in [-0.1, -0.05) is 18.1 Å². The smallest absolute Gasteiger partial charge is 0.324 e. The van der Waals surface area contributed by atoms with E-state index in [0.29, 0.717) is 18.3 Å². The molecule has 0 spiro atoms. The quantitative estimate of drug-likeness (QED) is 0.0541. The highest BCUT2D eigenvalue weighted by Gasteiger charge is 2.44. The molecule has 47 heavy (non-hydrogen) atoms. The number of nitrogens with one attached hydrogen (secondary N) is 2. The van der Waals surface area contributed by atoms with Gasteiger partial charge in [0.05, 0.1) is 6.61 Å². The van der Waals surface area contributed by atoms with Crippen LogP contribution in [0, 0.1) is 124 Å². The predicted molar refractivity (Wildman–Crippen MR) is 196 cm³/mol. The standard InChI is InChI=1S/C36H32BN2O5PS2/c1-4-5-6-7-8-9-10-11-12-13-14-15-16-17-18-19-20-23-26-29-38-36(46)39-30-27-24-21-22-25-28-32-34(44-45(40,47)42-3)33(31-41-2)43-35(32)37/h22,25,32-35H,21,24,27-28,30-31,37H2,1-3H3,(H,40,47)(H2,38,39,46)/b25-22+/t32-,33+,34?,35+,45?/m0/s1. The van der Waals surface area contributed by atoms with Crippen LogP contribution in [0.3, 0.4) is 0 Å². The van der Waals surface area contributed by atoms with E-state index in [1.807, 2.05) is 7.85 Å². The molecule has 0 amide bonds. The first kappa shape index (κ1) is 40.6. The second kappa shape index (κ2) is 26.7. The van der Waals surface area contributed by atoms with Gasteiger partial charge in [-0.15, -0.1) is 0 Å². The highest BCUT2D eigenvalue weighted by Crippen LogP contribution is 2.48. The molecule has 0 aliphatic carbocycles. The van der Waals surface area contributed by atoms with E-state index >= 15 is 0 Å². The molecule has 1 aliphatic rings. The van der Waals surface area contributed by atoms with Gasteiger partial charge in [0.25, 0.3) is 0 Å². The summed E-state index contributed by atoms with van der Waals surface area (Å²) < 4.78 is 22.0.